The third-order valence-electron chi connectivity index (χ3n) is 3.42. The largest absolute Gasteiger partial charge is 0.388 e. The Bertz CT molecular complexity index is 433. The van der Waals surface area contributed by atoms with Gasteiger partial charge in [0, 0.05) is 39.1 Å². The van der Waals surface area contributed by atoms with Crippen LogP contribution in [0.1, 0.15) is 18.4 Å². The number of likely N-dealkylation sites (N-methyl/N-ethyl adjacent to an activating group) is 1. The molecular formula is C14H19F2NO2. The molecule has 0 radical (unpaired) electrons. The highest BCUT2D eigenvalue weighted by Crippen LogP contribution is 2.22. The van der Waals surface area contributed by atoms with E-state index in [1.165, 1.54) is 6.07 Å². The summed E-state index contributed by atoms with van der Waals surface area (Å²) in [6, 6.07) is 3.88. The summed E-state index contributed by atoms with van der Waals surface area (Å²) in [4.78, 5) is 1.91. The number of nitrogens with zero attached hydrogens (tertiary/aromatic N) is 1. The van der Waals surface area contributed by atoms with Crippen LogP contribution in [-0.2, 0) is 11.3 Å². The topological polar surface area (TPSA) is 32.7 Å². The summed E-state index contributed by atoms with van der Waals surface area (Å²) in [6.45, 7) is 2.10. The number of halogens is 2. The predicted octanol–water partition coefficient (Wildman–Crippen LogP) is 1.94. The fourth-order valence-corrected chi connectivity index (χ4v) is 2.42. The number of aliphatic hydroxyl groups is 1. The second-order valence-corrected chi connectivity index (χ2v) is 5.26. The molecule has 0 aliphatic carbocycles. The first-order chi connectivity index (χ1) is 8.98. The fourth-order valence-electron chi connectivity index (χ4n) is 2.42. The lowest BCUT2D eigenvalue weighted by molar-refractivity contribution is -0.0777. The van der Waals surface area contributed by atoms with Gasteiger partial charge in [-0.25, -0.2) is 8.78 Å². The molecule has 1 N–H and O–H groups in total. The molecule has 0 amide bonds. The predicted molar refractivity (Wildman–Crippen MR) is 67.7 cm³/mol. The van der Waals surface area contributed by atoms with Crippen LogP contribution < -0.4 is 0 Å². The zero-order valence-electron chi connectivity index (χ0n) is 11.0. The van der Waals surface area contributed by atoms with Crippen molar-refractivity contribution in [1.82, 2.24) is 4.90 Å². The van der Waals surface area contributed by atoms with Crippen molar-refractivity contribution in [2.45, 2.75) is 25.0 Å². The Morgan fingerprint density at radius 1 is 1.26 bits per heavy atom. The molecule has 0 unspecified atom stereocenters. The Balaban J connectivity index is 1.93. The average Bonchev–Trinajstić information content (AvgIpc) is 2.34. The van der Waals surface area contributed by atoms with Crippen molar-refractivity contribution in [3.8, 4) is 0 Å². The number of rotatable bonds is 4. The molecule has 1 aromatic carbocycles. The minimum Gasteiger partial charge on any atom is -0.388 e. The summed E-state index contributed by atoms with van der Waals surface area (Å²) in [5, 5.41) is 10.4. The summed E-state index contributed by atoms with van der Waals surface area (Å²) in [6.07, 6.45) is 1.21. The van der Waals surface area contributed by atoms with Crippen LogP contribution in [0.15, 0.2) is 18.2 Å². The fraction of sp³-hybridized carbons (Fsp3) is 0.571. The summed E-state index contributed by atoms with van der Waals surface area (Å²) in [5.41, 5.74) is -0.0527. The Morgan fingerprint density at radius 2 is 1.95 bits per heavy atom. The highest BCUT2D eigenvalue weighted by atomic mass is 19.2. The zero-order chi connectivity index (χ0) is 13.9. The van der Waals surface area contributed by atoms with Crippen LogP contribution in [0.25, 0.3) is 0 Å². The van der Waals surface area contributed by atoms with E-state index in [4.69, 9.17) is 4.74 Å². The molecular weight excluding hydrogens is 252 g/mol. The van der Waals surface area contributed by atoms with Gasteiger partial charge in [0.15, 0.2) is 11.6 Å². The molecule has 0 atom stereocenters. The number of hydrogen-bond donors (Lipinski definition) is 1. The molecule has 106 valence electrons. The van der Waals surface area contributed by atoms with E-state index in [1.54, 1.807) is 6.07 Å². The lowest BCUT2D eigenvalue weighted by atomic mass is 9.94. The monoisotopic (exact) mass is 271 g/mol. The van der Waals surface area contributed by atoms with Gasteiger partial charge < -0.3 is 9.84 Å². The second kappa shape index (κ2) is 5.94. The van der Waals surface area contributed by atoms with Crippen LogP contribution in [0.4, 0.5) is 8.78 Å². The van der Waals surface area contributed by atoms with E-state index < -0.39 is 17.2 Å². The maximum Gasteiger partial charge on any atom is 0.159 e. The molecule has 3 nitrogen and oxygen atoms in total. The van der Waals surface area contributed by atoms with Crippen molar-refractivity contribution in [2.24, 2.45) is 0 Å². The second-order valence-electron chi connectivity index (χ2n) is 5.26. The standard InChI is InChI=1S/C14H19F2NO2/c1-17(10-14(18)4-6-19-7-5-14)9-11-2-3-12(15)13(16)8-11/h2-3,8,18H,4-7,9-10H2,1H3. The molecule has 1 aromatic rings. The minimum atomic E-state index is -0.838. The third-order valence-corrected chi connectivity index (χ3v) is 3.42. The van der Waals surface area contributed by atoms with Gasteiger partial charge in [-0.3, -0.25) is 4.90 Å². The highest BCUT2D eigenvalue weighted by molar-refractivity contribution is 5.17. The first-order valence-corrected chi connectivity index (χ1v) is 6.41. The van der Waals surface area contributed by atoms with Gasteiger partial charge in [-0.2, -0.15) is 0 Å². The Kier molecular flexibility index (Phi) is 4.50. The number of ether oxygens (including phenoxy) is 1. The van der Waals surface area contributed by atoms with Crippen molar-refractivity contribution in [2.75, 3.05) is 26.8 Å². The van der Waals surface area contributed by atoms with E-state index >= 15 is 0 Å². The van der Waals surface area contributed by atoms with E-state index in [2.05, 4.69) is 0 Å². The van der Waals surface area contributed by atoms with E-state index in [0.29, 0.717) is 44.7 Å². The Labute approximate surface area is 111 Å². The Hall–Kier alpha value is -1.04. The van der Waals surface area contributed by atoms with Crippen LogP contribution in [0.3, 0.4) is 0 Å². The van der Waals surface area contributed by atoms with Crippen LogP contribution >= 0.6 is 0 Å². The van der Waals surface area contributed by atoms with Crippen molar-refractivity contribution in [3.05, 3.63) is 35.4 Å². The highest BCUT2D eigenvalue weighted by Gasteiger charge is 2.30. The molecule has 1 aliphatic rings. The normalized spacial score (nSPS) is 18.8. The van der Waals surface area contributed by atoms with Gasteiger partial charge in [0.25, 0.3) is 0 Å². The van der Waals surface area contributed by atoms with Crippen molar-refractivity contribution >= 4 is 0 Å². The maximum absolute atomic E-state index is 13.1. The van der Waals surface area contributed by atoms with Crippen molar-refractivity contribution in [1.29, 1.82) is 0 Å². The van der Waals surface area contributed by atoms with Crippen LogP contribution in [0.5, 0.6) is 0 Å². The summed E-state index contributed by atoms with van der Waals surface area (Å²) >= 11 is 0. The van der Waals surface area contributed by atoms with Crippen LogP contribution in [0, 0.1) is 11.6 Å². The van der Waals surface area contributed by atoms with Gasteiger partial charge in [0.1, 0.15) is 0 Å². The molecule has 1 heterocycles. The van der Waals surface area contributed by atoms with Gasteiger partial charge in [-0.05, 0) is 24.7 Å². The SMILES string of the molecule is CN(Cc1ccc(F)c(F)c1)CC1(O)CCOCC1. The summed E-state index contributed by atoms with van der Waals surface area (Å²) in [7, 11) is 1.86. The van der Waals surface area contributed by atoms with Gasteiger partial charge in [0.05, 0.1) is 5.60 Å². The molecule has 5 heteroatoms. The molecule has 1 aliphatic heterocycles. The third kappa shape index (κ3) is 3.96. The smallest absolute Gasteiger partial charge is 0.159 e. The van der Waals surface area contributed by atoms with E-state index in [9.17, 15) is 13.9 Å². The van der Waals surface area contributed by atoms with E-state index in [0.717, 1.165) is 6.07 Å². The van der Waals surface area contributed by atoms with Crippen molar-refractivity contribution in [3.63, 3.8) is 0 Å². The molecule has 0 saturated carbocycles. The van der Waals surface area contributed by atoms with Crippen LogP contribution in [0.2, 0.25) is 0 Å². The van der Waals surface area contributed by atoms with Crippen LogP contribution in [-0.4, -0.2) is 42.4 Å². The van der Waals surface area contributed by atoms with Gasteiger partial charge in [-0.15, -0.1) is 0 Å². The van der Waals surface area contributed by atoms with E-state index in [1.807, 2.05) is 11.9 Å². The molecule has 0 aromatic heterocycles. The molecule has 0 bridgehead atoms. The van der Waals surface area contributed by atoms with Gasteiger partial charge >= 0.3 is 0 Å². The first-order valence-electron chi connectivity index (χ1n) is 6.41. The summed E-state index contributed by atoms with van der Waals surface area (Å²) < 4.78 is 31.2. The van der Waals surface area contributed by atoms with Gasteiger partial charge in [0.2, 0.25) is 0 Å². The van der Waals surface area contributed by atoms with E-state index in [-0.39, 0.29) is 0 Å². The van der Waals surface area contributed by atoms with Crippen molar-refractivity contribution < 1.29 is 18.6 Å². The number of hydrogen-bond acceptors (Lipinski definition) is 3. The number of benzene rings is 1. The molecule has 19 heavy (non-hydrogen) atoms. The lowest BCUT2D eigenvalue weighted by Gasteiger charge is -2.35. The maximum atomic E-state index is 13.1. The molecule has 1 fully saturated rings. The first kappa shape index (κ1) is 14.4. The molecule has 2 rings (SSSR count). The van der Waals surface area contributed by atoms with Gasteiger partial charge in [-0.1, -0.05) is 6.07 Å². The zero-order valence-corrected chi connectivity index (χ0v) is 11.0. The summed E-state index contributed by atoms with van der Waals surface area (Å²) in [5.74, 6) is -1.68. The average molecular weight is 271 g/mol. The minimum absolute atomic E-state index is 0.473. The lowest BCUT2D eigenvalue weighted by Crippen LogP contribution is -2.45. The quantitative estimate of drug-likeness (QED) is 0.908. The molecule has 1 saturated heterocycles. The Morgan fingerprint density at radius 3 is 2.58 bits per heavy atom. The molecule has 0 spiro atoms.